The molecular weight excluding hydrogens is 310 g/mol. The van der Waals surface area contributed by atoms with Crippen LogP contribution in [0.15, 0.2) is 0 Å². The lowest BCUT2D eigenvalue weighted by Crippen LogP contribution is -2.46. The van der Waals surface area contributed by atoms with Crippen molar-refractivity contribution < 1.29 is 19.5 Å². The van der Waals surface area contributed by atoms with E-state index in [0.717, 1.165) is 32.1 Å². The molecular formula is C17H27N3O4. The van der Waals surface area contributed by atoms with Crippen LogP contribution >= 0.6 is 0 Å². The van der Waals surface area contributed by atoms with E-state index >= 15 is 0 Å². The van der Waals surface area contributed by atoms with E-state index in [1.54, 1.807) is 4.90 Å². The maximum atomic E-state index is 12.5. The molecule has 1 aliphatic carbocycles. The number of urea groups is 1. The maximum absolute atomic E-state index is 12.5. The van der Waals surface area contributed by atoms with Crippen LogP contribution in [0.4, 0.5) is 4.79 Å². The third kappa shape index (κ3) is 3.82. The van der Waals surface area contributed by atoms with E-state index in [9.17, 15) is 14.4 Å². The average Bonchev–Trinajstić information content (AvgIpc) is 3.24. The topological polar surface area (TPSA) is 89.9 Å². The molecule has 0 radical (unpaired) electrons. The Hall–Kier alpha value is -1.79. The van der Waals surface area contributed by atoms with Gasteiger partial charge in [0.2, 0.25) is 5.91 Å². The zero-order chi connectivity index (χ0) is 17.1. The Bertz CT molecular complexity index is 504. The third-order valence-electron chi connectivity index (χ3n) is 5.61. The lowest BCUT2D eigenvalue weighted by molar-refractivity contribution is -0.141. The van der Waals surface area contributed by atoms with Crippen molar-refractivity contribution >= 4 is 17.9 Å². The van der Waals surface area contributed by atoms with Gasteiger partial charge < -0.3 is 20.2 Å². The first-order valence-electron chi connectivity index (χ1n) is 9.11. The Kier molecular flexibility index (Phi) is 5.26. The summed E-state index contributed by atoms with van der Waals surface area (Å²) in [6.45, 7) is 2.05. The second-order valence-electron chi connectivity index (χ2n) is 7.32. The summed E-state index contributed by atoms with van der Waals surface area (Å²) < 4.78 is 0. The van der Waals surface area contributed by atoms with Crippen LogP contribution in [0.25, 0.3) is 0 Å². The minimum atomic E-state index is -0.838. The van der Waals surface area contributed by atoms with Gasteiger partial charge in [-0.1, -0.05) is 19.3 Å². The fraction of sp³-hybridized carbons (Fsp3) is 0.824. The molecule has 0 aromatic rings. The van der Waals surface area contributed by atoms with Crippen molar-refractivity contribution in [3.8, 4) is 0 Å². The predicted octanol–water partition coefficient (Wildman–Crippen LogP) is 1.28. The molecule has 2 heterocycles. The Morgan fingerprint density at radius 2 is 1.54 bits per heavy atom. The second-order valence-corrected chi connectivity index (χ2v) is 7.32. The zero-order valence-electron chi connectivity index (χ0n) is 14.1. The van der Waals surface area contributed by atoms with Gasteiger partial charge in [-0.3, -0.25) is 9.59 Å². The minimum Gasteiger partial charge on any atom is -0.481 e. The molecule has 3 fully saturated rings. The van der Waals surface area contributed by atoms with E-state index in [-0.39, 0.29) is 30.4 Å². The SMILES string of the molecule is O=C(O)C1CCN(C(=O)NC2CCN(C(=O)C3CCCCC3)C2)C1. The van der Waals surface area contributed by atoms with Crippen molar-refractivity contribution in [2.45, 2.75) is 51.0 Å². The molecule has 2 N–H and O–H groups in total. The van der Waals surface area contributed by atoms with Crippen LogP contribution in [0, 0.1) is 11.8 Å². The standard InChI is InChI=1S/C17H27N3O4/c21-15(12-4-2-1-3-5-12)19-9-7-14(11-19)18-17(24)20-8-6-13(10-20)16(22)23/h12-14H,1-11H2,(H,18,24)(H,22,23). The first-order chi connectivity index (χ1) is 11.5. The monoisotopic (exact) mass is 337 g/mol. The minimum absolute atomic E-state index is 0.0195. The normalized spacial score (nSPS) is 28.2. The van der Waals surface area contributed by atoms with Gasteiger partial charge >= 0.3 is 12.0 Å². The molecule has 0 bridgehead atoms. The molecule has 2 unspecified atom stereocenters. The van der Waals surface area contributed by atoms with Gasteiger partial charge in [-0.2, -0.15) is 0 Å². The quantitative estimate of drug-likeness (QED) is 0.812. The third-order valence-corrected chi connectivity index (χ3v) is 5.61. The lowest BCUT2D eigenvalue weighted by Gasteiger charge is -2.26. The predicted molar refractivity (Wildman–Crippen MR) is 87.4 cm³/mol. The summed E-state index contributed by atoms with van der Waals surface area (Å²) in [6.07, 6.45) is 6.80. The van der Waals surface area contributed by atoms with Crippen molar-refractivity contribution in [3.63, 3.8) is 0 Å². The van der Waals surface area contributed by atoms with Crippen molar-refractivity contribution in [2.24, 2.45) is 11.8 Å². The molecule has 2 atom stereocenters. The molecule has 1 saturated carbocycles. The van der Waals surface area contributed by atoms with Crippen LogP contribution in [-0.4, -0.2) is 65.0 Å². The highest BCUT2D eigenvalue weighted by Crippen LogP contribution is 2.27. The van der Waals surface area contributed by atoms with Gasteiger partial charge in [0, 0.05) is 38.1 Å². The van der Waals surface area contributed by atoms with E-state index < -0.39 is 11.9 Å². The number of hydrogen-bond donors (Lipinski definition) is 2. The summed E-state index contributed by atoms with van der Waals surface area (Å²) in [5.74, 6) is -0.874. The number of likely N-dealkylation sites (tertiary alicyclic amines) is 2. The molecule has 3 amide bonds. The van der Waals surface area contributed by atoms with Gasteiger partial charge in [-0.05, 0) is 25.7 Å². The second kappa shape index (κ2) is 7.40. The number of carboxylic acid groups (broad SMARTS) is 1. The number of carboxylic acids is 1. The van der Waals surface area contributed by atoms with Crippen LogP contribution in [-0.2, 0) is 9.59 Å². The fourth-order valence-corrected chi connectivity index (χ4v) is 4.10. The molecule has 2 aliphatic heterocycles. The number of hydrogen-bond acceptors (Lipinski definition) is 3. The summed E-state index contributed by atoms with van der Waals surface area (Å²) >= 11 is 0. The highest BCUT2D eigenvalue weighted by Gasteiger charge is 2.35. The molecule has 7 heteroatoms. The van der Waals surface area contributed by atoms with Crippen molar-refractivity contribution in [1.29, 1.82) is 0 Å². The van der Waals surface area contributed by atoms with E-state index in [2.05, 4.69) is 5.32 Å². The van der Waals surface area contributed by atoms with Gasteiger partial charge in [-0.15, -0.1) is 0 Å². The summed E-state index contributed by atoms with van der Waals surface area (Å²) in [6, 6.07) is -0.218. The number of nitrogens with zero attached hydrogens (tertiary/aromatic N) is 2. The van der Waals surface area contributed by atoms with Gasteiger partial charge in [-0.25, -0.2) is 4.79 Å². The van der Waals surface area contributed by atoms with E-state index in [4.69, 9.17) is 5.11 Å². The lowest BCUT2D eigenvalue weighted by atomic mass is 9.88. The highest BCUT2D eigenvalue weighted by molar-refractivity contribution is 5.80. The average molecular weight is 337 g/mol. The number of aliphatic carboxylic acids is 1. The van der Waals surface area contributed by atoms with E-state index in [1.807, 2.05) is 4.90 Å². The van der Waals surface area contributed by atoms with Crippen LogP contribution < -0.4 is 5.32 Å². The van der Waals surface area contributed by atoms with Crippen molar-refractivity contribution in [2.75, 3.05) is 26.2 Å². The van der Waals surface area contributed by atoms with Gasteiger partial charge in [0.15, 0.2) is 0 Å². The number of amides is 3. The van der Waals surface area contributed by atoms with Gasteiger partial charge in [0.05, 0.1) is 5.92 Å². The molecule has 7 nitrogen and oxygen atoms in total. The Labute approximate surface area is 142 Å². The van der Waals surface area contributed by atoms with Gasteiger partial charge in [0.1, 0.15) is 0 Å². The first kappa shape index (κ1) is 17.0. The molecule has 2 saturated heterocycles. The molecule has 0 spiro atoms. The van der Waals surface area contributed by atoms with Crippen LogP contribution in [0.3, 0.4) is 0 Å². The molecule has 134 valence electrons. The Morgan fingerprint density at radius 3 is 2.21 bits per heavy atom. The van der Waals surface area contributed by atoms with Crippen molar-refractivity contribution in [3.05, 3.63) is 0 Å². The molecule has 3 aliphatic rings. The van der Waals surface area contributed by atoms with E-state index in [1.165, 1.54) is 6.42 Å². The zero-order valence-corrected chi connectivity index (χ0v) is 14.1. The molecule has 0 aromatic heterocycles. The molecule has 0 aromatic carbocycles. The van der Waals surface area contributed by atoms with Gasteiger partial charge in [0.25, 0.3) is 0 Å². The maximum Gasteiger partial charge on any atom is 0.317 e. The van der Waals surface area contributed by atoms with E-state index in [0.29, 0.717) is 26.1 Å². The Morgan fingerprint density at radius 1 is 0.833 bits per heavy atom. The number of carbonyl (C=O) groups is 3. The van der Waals surface area contributed by atoms with Crippen molar-refractivity contribution in [1.82, 2.24) is 15.1 Å². The molecule has 24 heavy (non-hydrogen) atoms. The Balaban J connectivity index is 1.45. The first-order valence-corrected chi connectivity index (χ1v) is 9.11. The van der Waals surface area contributed by atoms with Crippen LogP contribution in [0.1, 0.15) is 44.9 Å². The summed E-state index contributed by atoms with van der Waals surface area (Å²) in [5, 5.41) is 12.0. The number of nitrogens with one attached hydrogen (secondary N) is 1. The molecule has 3 rings (SSSR count). The fourth-order valence-electron chi connectivity index (χ4n) is 4.10. The number of carbonyl (C=O) groups excluding carboxylic acids is 2. The van der Waals surface area contributed by atoms with Crippen LogP contribution in [0.2, 0.25) is 0 Å². The number of rotatable bonds is 3. The summed E-state index contributed by atoms with van der Waals surface area (Å²) in [5.41, 5.74) is 0. The van der Waals surface area contributed by atoms with Crippen LogP contribution in [0.5, 0.6) is 0 Å². The smallest absolute Gasteiger partial charge is 0.317 e. The summed E-state index contributed by atoms with van der Waals surface area (Å²) in [4.78, 5) is 39.3. The highest BCUT2D eigenvalue weighted by atomic mass is 16.4. The largest absolute Gasteiger partial charge is 0.481 e. The summed E-state index contributed by atoms with van der Waals surface area (Å²) in [7, 11) is 0.